The van der Waals surface area contributed by atoms with E-state index in [9.17, 15) is 4.79 Å². The number of amides is 1. The van der Waals surface area contributed by atoms with Crippen molar-refractivity contribution in [1.82, 2.24) is 5.32 Å². The van der Waals surface area contributed by atoms with E-state index < -0.39 is 0 Å². The summed E-state index contributed by atoms with van der Waals surface area (Å²) in [5.41, 5.74) is 3.39. The molecule has 1 amide bonds. The predicted octanol–water partition coefficient (Wildman–Crippen LogP) is 1.54. The van der Waals surface area contributed by atoms with E-state index in [1.807, 2.05) is 0 Å². The van der Waals surface area contributed by atoms with Gasteiger partial charge in [-0.05, 0) is 23.6 Å². The van der Waals surface area contributed by atoms with Crippen LogP contribution in [-0.2, 0) is 4.79 Å². The predicted molar refractivity (Wildman–Crippen MR) is 73.2 cm³/mol. The van der Waals surface area contributed by atoms with Gasteiger partial charge in [-0.15, -0.1) is 0 Å². The number of hydrogen-bond acceptors (Lipinski definition) is 3. The maximum Gasteiger partial charge on any atom is 0.248 e. The second kappa shape index (κ2) is 4.28. The van der Waals surface area contributed by atoms with Gasteiger partial charge in [0.25, 0.3) is 0 Å². The third-order valence-electron chi connectivity index (χ3n) is 3.80. The lowest BCUT2D eigenvalue weighted by molar-refractivity contribution is -0.117. The number of fused-ring (bicyclic) bond motifs is 3. The van der Waals surface area contributed by atoms with Crippen LogP contribution in [0.25, 0.3) is 0 Å². The lowest BCUT2D eigenvalue weighted by Crippen LogP contribution is -2.58. The Bertz CT molecular complexity index is 484. The Morgan fingerprint density at radius 1 is 1.39 bits per heavy atom. The topological polar surface area (TPSA) is 44.4 Å². The van der Waals surface area contributed by atoms with Gasteiger partial charge in [0.15, 0.2) is 0 Å². The molecule has 4 heteroatoms. The number of carbonyl (C=O) groups is 1. The summed E-state index contributed by atoms with van der Waals surface area (Å²) in [5.74, 6) is 0.587. The van der Waals surface area contributed by atoms with E-state index in [2.05, 4.69) is 47.6 Å². The second-order valence-electron chi connectivity index (χ2n) is 5.33. The minimum absolute atomic E-state index is 0.0591. The van der Waals surface area contributed by atoms with Crippen molar-refractivity contribution < 1.29 is 4.79 Å². The van der Waals surface area contributed by atoms with Gasteiger partial charge < -0.3 is 15.5 Å². The van der Waals surface area contributed by atoms with E-state index in [1.165, 1.54) is 5.56 Å². The first-order chi connectivity index (χ1) is 8.66. The molecule has 18 heavy (non-hydrogen) atoms. The highest BCUT2D eigenvalue weighted by molar-refractivity contribution is 6.04. The number of nitrogens with one attached hydrogen (secondary N) is 2. The van der Waals surface area contributed by atoms with E-state index in [0.29, 0.717) is 5.92 Å². The van der Waals surface area contributed by atoms with Crippen molar-refractivity contribution in [3.05, 3.63) is 23.8 Å². The molecule has 2 aliphatic rings. The van der Waals surface area contributed by atoms with Gasteiger partial charge in [-0.25, -0.2) is 0 Å². The zero-order valence-electron chi connectivity index (χ0n) is 10.9. The standard InChI is InChI=1S/C14H19N3O/c1-9(2)10-3-4-12-11(7-10)16-14(18)13-8-15-5-6-17(12)13/h3-4,7,9,13,15H,5-6,8H2,1-2H3,(H,16,18). The third-order valence-corrected chi connectivity index (χ3v) is 3.80. The molecule has 1 aromatic rings. The number of carbonyl (C=O) groups excluding carboxylic acids is 1. The van der Waals surface area contributed by atoms with Crippen LogP contribution in [0.3, 0.4) is 0 Å². The van der Waals surface area contributed by atoms with Crippen LogP contribution in [0.4, 0.5) is 11.4 Å². The fourth-order valence-corrected chi connectivity index (χ4v) is 2.71. The van der Waals surface area contributed by atoms with Crippen LogP contribution in [0.1, 0.15) is 25.3 Å². The summed E-state index contributed by atoms with van der Waals surface area (Å²) in [6, 6.07) is 6.36. The van der Waals surface area contributed by atoms with Crippen LogP contribution in [0.15, 0.2) is 18.2 Å². The molecular weight excluding hydrogens is 226 g/mol. The van der Waals surface area contributed by atoms with Crippen molar-refractivity contribution in [3.8, 4) is 0 Å². The molecule has 1 fully saturated rings. The van der Waals surface area contributed by atoms with Gasteiger partial charge in [0.1, 0.15) is 6.04 Å². The van der Waals surface area contributed by atoms with Crippen molar-refractivity contribution >= 4 is 17.3 Å². The Morgan fingerprint density at radius 2 is 2.22 bits per heavy atom. The van der Waals surface area contributed by atoms with Crippen LogP contribution < -0.4 is 15.5 Å². The first-order valence-corrected chi connectivity index (χ1v) is 6.59. The molecule has 0 bridgehead atoms. The molecule has 2 N–H and O–H groups in total. The van der Waals surface area contributed by atoms with Crippen molar-refractivity contribution in [1.29, 1.82) is 0 Å². The van der Waals surface area contributed by atoms with E-state index in [-0.39, 0.29) is 11.9 Å². The Labute approximate surface area is 107 Å². The van der Waals surface area contributed by atoms with E-state index in [0.717, 1.165) is 31.0 Å². The molecule has 0 aromatic heterocycles. The van der Waals surface area contributed by atoms with Crippen LogP contribution in [-0.4, -0.2) is 31.6 Å². The Kier molecular flexibility index (Phi) is 2.74. The zero-order chi connectivity index (χ0) is 12.7. The lowest BCUT2D eigenvalue weighted by Gasteiger charge is -2.41. The van der Waals surface area contributed by atoms with E-state index in [4.69, 9.17) is 0 Å². The number of benzene rings is 1. The molecule has 96 valence electrons. The largest absolute Gasteiger partial charge is 0.356 e. The number of piperazine rings is 1. The zero-order valence-corrected chi connectivity index (χ0v) is 10.9. The molecule has 0 radical (unpaired) electrons. The Hall–Kier alpha value is -1.55. The molecule has 1 atom stereocenters. The summed E-state index contributed by atoms with van der Waals surface area (Å²) in [6.07, 6.45) is 0. The summed E-state index contributed by atoms with van der Waals surface area (Å²) in [4.78, 5) is 14.3. The summed E-state index contributed by atoms with van der Waals surface area (Å²) < 4.78 is 0. The molecule has 2 heterocycles. The smallest absolute Gasteiger partial charge is 0.248 e. The normalized spacial score (nSPS) is 22.5. The lowest BCUT2D eigenvalue weighted by atomic mass is 9.99. The molecule has 0 spiro atoms. The minimum atomic E-state index is -0.0591. The highest BCUT2D eigenvalue weighted by Gasteiger charge is 2.34. The SMILES string of the molecule is CC(C)c1ccc2c(c1)NC(=O)C1CNCCN21. The van der Waals surface area contributed by atoms with Gasteiger partial charge in [0, 0.05) is 19.6 Å². The van der Waals surface area contributed by atoms with Gasteiger partial charge in [-0.3, -0.25) is 4.79 Å². The van der Waals surface area contributed by atoms with E-state index in [1.54, 1.807) is 0 Å². The minimum Gasteiger partial charge on any atom is -0.356 e. The average molecular weight is 245 g/mol. The van der Waals surface area contributed by atoms with Crippen molar-refractivity contribution in [3.63, 3.8) is 0 Å². The third kappa shape index (κ3) is 1.77. The summed E-state index contributed by atoms with van der Waals surface area (Å²) in [7, 11) is 0. The maximum absolute atomic E-state index is 12.1. The molecule has 1 saturated heterocycles. The summed E-state index contributed by atoms with van der Waals surface area (Å²) in [6.45, 7) is 6.90. The van der Waals surface area contributed by atoms with Gasteiger partial charge in [-0.1, -0.05) is 19.9 Å². The molecule has 0 aliphatic carbocycles. The quantitative estimate of drug-likeness (QED) is 0.789. The van der Waals surface area contributed by atoms with Gasteiger partial charge in [-0.2, -0.15) is 0 Å². The van der Waals surface area contributed by atoms with Crippen LogP contribution in [0.2, 0.25) is 0 Å². The van der Waals surface area contributed by atoms with Crippen LogP contribution in [0.5, 0.6) is 0 Å². The molecule has 1 aromatic carbocycles. The number of hydrogen-bond donors (Lipinski definition) is 2. The highest BCUT2D eigenvalue weighted by atomic mass is 16.2. The second-order valence-corrected chi connectivity index (χ2v) is 5.33. The molecular formula is C14H19N3O. The molecule has 2 aliphatic heterocycles. The monoisotopic (exact) mass is 245 g/mol. The first kappa shape index (κ1) is 11.5. The van der Waals surface area contributed by atoms with Crippen LogP contribution >= 0.6 is 0 Å². The highest BCUT2D eigenvalue weighted by Crippen LogP contribution is 2.34. The number of anilines is 2. The number of rotatable bonds is 1. The Morgan fingerprint density at radius 3 is 3.00 bits per heavy atom. The van der Waals surface area contributed by atoms with Gasteiger partial charge >= 0.3 is 0 Å². The fraction of sp³-hybridized carbons (Fsp3) is 0.500. The van der Waals surface area contributed by atoms with Gasteiger partial charge in [0.05, 0.1) is 11.4 Å². The first-order valence-electron chi connectivity index (χ1n) is 6.59. The molecule has 1 unspecified atom stereocenters. The molecule has 3 rings (SSSR count). The van der Waals surface area contributed by atoms with Crippen molar-refractivity contribution in [2.75, 3.05) is 29.9 Å². The van der Waals surface area contributed by atoms with Crippen molar-refractivity contribution in [2.45, 2.75) is 25.8 Å². The summed E-state index contributed by atoms with van der Waals surface area (Å²) >= 11 is 0. The van der Waals surface area contributed by atoms with E-state index >= 15 is 0 Å². The summed E-state index contributed by atoms with van der Waals surface area (Å²) in [5, 5.41) is 6.31. The van der Waals surface area contributed by atoms with Gasteiger partial charge in [0.2, 0.25) is 5.91 Å². The molecule has 0 saturated carbocycles. The average Bonchev–Trinajstić information content (AvgIpc) is 2.38. The number of nitrogens with zero attached hydrogens (tertiary/aromatic N) is 1. The van der Waals surface area contributed by atoms with Crippen LogP contribution in [0, 0.1) is 0 Å². The fourth-order valence-electron chi connectivity index (χ4n) is 2.71. The Balaban J connectivity index is 2.01. The van der Waals surface area contributed by atoms with Crippen molar-refractivity contribution in [2.24, 2.45) is 0 Å². The maximum atomic E-state index is 12.1. The molecule has 4 nitrogen and oxygen atoms in total.